The molecule has 0 spiro atoms. The summed E-state index contributed by atoms with van der Waals surface area (Å²) in [5.74, 6) is 0.745. The third-order valence-corrected chi connectivity index (χ3v) is 4.40. The number of benzene rings is 1. The van der Waals surface area contributed by atoms with Crippen LogP contribution < -0.4 is 5.73 Å². The predicted octanol–water partition coefficient (Wildman–Crippen LogP) is 4.01. The molecule has 1 fully saturated rings. The van der Waals surface area contributed by atoms with Crippen molar-refractivity contribution in [2.75, 3.05) is 0 Å². The molecule has 3 rings (SSSR count). The van der Waals surface area contributed by atoms with Gasteiger partial charge >= 0.3 is 0 Å². The van der Waals surface area contributed by atoms with Gasteiger partial charge in [-0.15, -0.1) is 0 Å². The fourth-order valence-corrected chi connectivity index (χ4v) is 2.96. The second-order valence-corrected chi connectivity index (χ2v) is 5.99. The summed E-state index contributed by atoms with van der Waals surface area (Å²) >= 11 is 0. The number of hydrogen-bond donors (Lipinski definition) is 1. The Morgan fingerprint density at radius 1 is 1.20 bits per heavy atom. The number of aromatic nitrogens is 1. The molecule has 0 aliphatic heterocycles. The predicted molar refractivity (Wildman–Crippen MR) is 82.8 cm³/mol. The van der Waals surface area contributed by atoms with Gasteiger partial charge < -0.3 is 5.73 Å². The first-order chi connectivity index (χ1) is 9.65. The number of hydrogen-bond acceptors (Lipinski definition) is 2. The van der Waals surface area contributed by atoms with Crippen LogP contribution in [0.5, 0.6) is 0 Å². The Balaban J connectivity index is 1.91. The maximum absolute atomic E-state index is 6.43. The van der Waals surface area contributed by atoms with Gasteiger partial charge in [-0.1, -0.05) is 36.8 Å². The molecule has 1 atom stereocenters. The topological polar surface area (TPSA) is 38.9 Å². The molecule has 2 N–H and O–H groups in total. The van der Waals surface area contributed by atoms with Crippen LogP contribution in [-0.4, -0.2) is 4.98 Å². The van der Waals surface area contributed by atoms with Crippen LogP contribution in [0.3, 0.4) is 0 Å². The van der Waals surface area contributed by atoms with Crippen LogP contribution in [0.2, 0.25) is 0 Å². The van der Waals surface area contributed by atoms with E-state index in [4.69, 9.17) is 5.73 Å². The average Bonchev–Trinajstić information content (AvgIpc) is 2.36. The molecule has 104 valence electrons. The Kier molecular flexibility index (Phi) is 3.58. The smallest absolute Gasteiger partial charge is 0.0729 e. The molecular formula is C18H22N2. The fourth-order valence-electron chi connectivity index (χ4n) is 2.96. The van der Waals surface area contributed by atoms with Gasteiger partial charge in [0.1, 0.15) is 0 Å². The standard InChI is InChI=1S/C18H22N2/c1-12-9-13(2)18(20-11-12)17(19)16-8-4-7-15(10-16)14-5-3-6-14/h4,7-11,14,17H,3,5-6,19H2,1-2H3. The van der Waals surface area contributed by atoms with Gasteiger partial charge in [0, 0.05) is 6.20 Å². The highest BCUT2D eigenvalue weighted by Crippen LogP contribution is 2.37. The lowest BCUT2D eigenvalue weighted by Gasteiger charge is -2.26. The lowest BCUT2D eigenvalue weighted by atomic mass is 9.79. The molecule has 1 heterocycles. The Morgan fingerprint density at radius 2 is 2.00 bits per heavy atom. The summed E-state index contributed by atoms with van der Waals surface area (Å²) < 4.78 is 0. The summed E-state index contributed by atoms with van der Waals surface area (Å²) in [6.07, 6.45) is 5.90. The molecule has 1 aliphatic rings. The summed E-state index contributed by atoms with van der Waals surface area (Å²) in [4.78, 5) is 4.54. The number of aryl methyl sites for hydroxylation is 2. The molecule has 1 saturated carbocycles. The zero-order valence-corrected chi connectivity index (χ0v) is 12.3. The van der Waals surface area contributed by atoms with Crippen LogP contribution in [0.25, 0.3) is 0 Å². The van der Waals surface area contributed by atoms with E-state index in [2.05, 4.69) is 49.2 Å². The Morgan fingerprint density at radius 3 is 2.65 bits per heavy atom. The number of pyridine rings is 1. The van der Waals surface area contributed by atoms with Crippen LogP contribution in [0, 0.1) is 13.8 Å². The van der Waals surface area contributed by atoms with E-state index in [1.807, 2.05) is 6.20 Å². The van der Waals surface area contributed by atoms with Gasteiger partial charge in [-0.2, -0.15) is 0 Å². The third kappa shape index (κ3) is 2.48. The van der Waals surface area contributed by atoms with Gasteiger partial charge in [0.2, 0.25) is 0 Å². The first-order valence-electron chi connectivity index (χ1n) is 7.44. The highest BCUT2D eigenvalue weighted by molar-refractivity contribution is 5.36. The van der Waals surface area contributed by atoms with Crippen molar-refractivity contribution in [3.63, 3.8) is 0 Å². The highest BCUT2D eigenvalue weighted by Gasteiger charge is 2.21. The van der Waals surface area contributed by atoms with E-state index in [-0.39, 0.29) is 6.04 Å². The number of nitrogens with two attached hydrogens (primary N) is 1. The van der Waals surface area contributed by atoms with Gasteiger partial charge in [0.25, 0.3) is 0 Å². The summed E-state index contributed by atoms with van der Waals surface area (Å²) in [7, 11) is 0. The molecule has 0 radical (unpaired) electrons. The second kappa shape index (κ2) is 5.37. The highest BCUT2D eigenvalue weighted by atomic mass is 14.8. The third-order valence-electron chi connectivity index (χ3n) is 4.40. The minimum Gasteiger partial charge on any atom is -0.319 e. The first kappa shape index (κ1) is 13.3. The number of rotatable bonds is 3. The van der Waals surface area contributed by atoms with Crippen LogP contribution in [0.15, 0.2) is 36.5 Å². The van der Waals surface area contributed by atoms with Crippen molar-refractivity contribution in [2.45, 2.75) is 45.1 Å². The summed E-state index contributed by atoms with van der Waals surface area (Å²) in [5.41, 5.74) is 12.4. The van der Waals surface area contributed by atoms with Gasteiger partial charge in [-0.3, -0.25) is 4.98 Å². The van der Waals surface area contributed by atoms with E-state index in [0.717, 1.165) is 11.6 Å². The van der Waals surface area contributed by atoms with Gasteiger partial charge in [-0.05, 0) is 54.9 Å². The zero-order chi connectivity index (χ0) is 14.1. The van der Waals surface area contributed by atoms with Gasteiger partial charge in [-0.25, -0.2) is 0 Å². The SMILES string of the molecule is Cc1cnc(C(N)c2cccc(C3CCC3)c2)c(C)c1. The minimum atomic E-state index is -0.129. The molecule has 1 aromatic heterocycles. The van der Waals surface area contributed by atoms with Crippen molar-refractivity contribution in [3.8, 4) is 0 Å². The van der Waals surface area contributed by atoms with Gasteiger partial charge in [0.15, 0.2) is 0 Å². The molecule has 0 saturated heterocycles. The number of nitrogens with zero attached hydrogens (tertiary/aromatic N) is 1. The molecule has 1 aliphatic carbocycles. The molecule has 20 heavy (non-hydrogen) atoms. The lowest BCUT2D eigenvalue weighted by molar-refractivity contribution is 0.419. The van der Waals surface area contributed by atoms with Crippen molar-refractivity contribution >= 4 is 0 Å². The summed E-state index contributed by atoms with van der Waals surface area (Å²) in [6, 6.07) is 10.8. The van der Waals surface area contributed by atoms with E-state index < -0.39 is 0 Å². The van der Waals surface area contributed by atoms with E-state index in [1.165, 1.54) is 41.5 Å². The molecule has 1 unspecified atom stereocenters. The lowest BCUT2D eigenvalue weighted by Crippen LogP contribution is -2.16. The van der Waals surface area contributed by atoms with E-state index in [1.54, 1.807) is 0 Å². The molecule has 2 heteroatoms. The van der Waals surface area contributed by atoms with E-state index in [9.17, 15) is 0 Å². The van der Waals surface area contributed by atoms with Gasteiger partial charge in [0.05, 0.1) is 11.7 Å². The molecule has 1 aromatic carbocycles. The quantitative estimate of drug-likeness (QED) is 0.911. The molecule has 0 bridgehead atoms. The van der Waals surface area contributed by atoms with E-state index >= 15 is 0 Å². The Hall–Kier alpha value is -1.67. The van der Waals surface area contributed by atoms with Crippen LogP contribution in [0.4, 0.5) is 0 Å². The Labute approximate surface area is 121 Å². The van der Waals surface area contributed by atoms with Crippen molar-refractivity contribution in [1.82, 2.24) is 4.98 Å². The van der Waals surface area contributed by atoms with E-state index in [0.29, 0.717) is 0 Å². The first-order valence-corrected chi connectivity index (χ1v) is 7.44. The average molecular weight is 266 g/mol. The second-order valence-electron chi connectivity index (χ2n) is 5.99. The molecular weight excluding hydrogens is 244 g/mol. The monoisotopic (exact) mass is 266 g/mol. The zero-order valence-electron chi connectivity index (χ0n) is 12.3. The van der Waals surface area contributed by atoms with Crippen LogP contribution >= 0.6 is 0 Å². The maximum atomic E-state index is 6.43. The van der Waals surface area contributed by atoms with Crippen LogP contribution in [-0.2, 0) is 0 Å². The van der Waals surface area contributed by atoms with Crippen molar-refractivity contribution in [2.24, 2.45) is 5.73 Å². The Bertz CT molecular complexity index is 615. The van der Waals surface area contributed by atoms with Crippen molar-refractivity contribution in [1.29, 1.82) is 0 Å². The minimum absolute atomic E-state index is 0.129. The van der Waals surface area contributed by atoms with Crippen LogP contribution in [0.1, 0.15) is 59.2 Å². The largest absolute Gasteiger partial charge is 0.319 e. The normalized spacial score (nSPS) is 16.8. The summed E-state index contributed by atoms with van der Waals surface area (Å²) in [5, 5.41) is 0. The van der Waals surface area contributed by atoms with Crippen molar-refractivity contribution in [3.05, 3.63) is 64.5 Å². The summed E-state index contributed by atoms with van der Waals surface area (Å²) in [6.45, 7) is 4.15. The molecule has 2 aromatic rings. The fraction of sp³-hybridized carbons (Fsp3) is 0.389. The molecule has 2 nitrogen and oxygen atoms in total. The molecule has 0 amide bonds. The van der Waals surface area contributed by atoms with Crippen molar-refractivity contribution < 1.29 is 0 Å². The maximum Gasteiger partial charge on any atom is 0.0729 e.